The summed E-state index contributed by atoms with van der Waals surface area (Å²) in [7, 11) is -2.10. The molecule has 0 aliphatic rings. The van der Waals surface area contributed by atoms with Crippen molar-refractivity contribution in [2.75, 3.05) is 6.61 Å². The molecule has 0 aliphatic carbocycles. The van der Waals surface area contributed by atoms with E-state index < -0.39 is 20.0 Å². The number of esters is 1. The van der Waals surface area contributed by atoms with Crippen LogP contribution in [0.25, 0.3) is 0 Å². The van der Waals surface area contributed by atoms with Crippen molar-refractivity contribution in [1.29, 1.82) is 0 Å². The summed E-state index contributed by atoms with van der Waals surface area (Å²) in [5.41, 5.74) is 0. The number of carbonyl (C=O) groups excluding carboxylic acids is 1. The molecular weight excluding hydrogens is 284 g/mol. The minimum atomic E-state index is -2.10. The van der Waals surface area contributed by atoms with Gasteiger partial charge in [-0.1, -0.05) is 65.1 Å². The van der Waals surface area contributed by atoms with Gasteiger partial charge in [0.1, 0.15) is 0 Å². The monoisotopic (exact) mass is 314 g/mol. The summed E-state index contributed by atoms with van der Waals surface area (Å²) >= 11 is 0. The van der Waals surface area contributed by atoms with Crippen LogP contribution in [0.2, 0.25) is 18.1 Å². The highest BCUT2D eigenvalue weighted by Gasteiger charge is 2.39. The summed E-state index contributed by atoms with van der Waals surface area (Å²) in [5.74, 6) is -1.44. The van der Waals surface area contributed by atoms with Crippen molar-refractivity contribution in [2.24, 2.45) is 0 Å². The molecule has 0 atom stereocenters. The summed E-state index contributed by atoms with van der Waals surface area (Å²) in [6.45, 7) is 8.59. The molecule has 5 heteroatoms. The van der Waals surface area contributed by atoms with Gasteiger partial charge in [0.2, 0.25) is 0 Å². The number of hydrogen-bond donors (Lipinski definition) is 1. The van der Waals surface area contributed by atoms with Crippen LogP contribution >= 0.6 is 0 Å². The standard InChI is InChI=1S/C16H30O4Si/c1-5-9-20-16(19)14(13-15(17)18)21(10-6-2,11-7-3)12-8-4/h13H,5-12H2,1-4H3,(H,17,18)/b14-13+. The zero-order valence-electron chi connectivity index (χ0n) is 13.9. The van der Waals surface area contributed by atoms with Gasteiger partial charge in [-0.2, -0.15) is 0 Å². The lowest BCUT2D eigenvalue weighted by molar-refractivity contribution is -0.139. The van der Waals surface area contributed by atoms with Crippen LogP contribution in [0.1, 0.15) is 53.4 Å². The molecule has 0 bridgehead atoms. The second kappa shape index (κ2) is 10.6. The number of ether oxygens (including phenoxy) is 1. The Kier molecular flexibility index (Phi) is 10.0. The van der Waals surface area contributed by atoms with E-state index in [-0.39, 0.29) is 0 Å². The van der Waals surface area contributed by atoms with Gasteiger partial charge in [-0.3, -0.25) is 0 Å². The number of rotatable bonds is 11. The van der Waals surface area contributed by atoms with E-state index in [1.54, 1.807) is 0 Å². The van der Waals surface area contributed by atoms with Crippen molar-refractivity contribution in [1.82, 2.24) is 0 Å². The summed E-state index contributed by atoms with van der Waals surface area (Å²) in [6, 6.07) is 2.86. The molecule has 0 saturated heterocycles. The topological polar surface area (TPSA) is 63.6 Å². The highest BCUT2D eigenvalue weighted by Crippen LogP contribution is 2.34. The normalized spacial score (nSPS) is 12.3. The van der Waals surface area contributed by atoms with Crippen LogP contribution in [0.3, 0.4) is 0 Å². The van der Waals surface area contributed by atoms with Gasteiger partial charge in [-0.05, 0) is 6.42 Å². The predicted molar refractivity (Wildman–Crippen MR) is 88.0 cm³/mol. The third-order valence-corrected chi connectivity index (χ3v) is 9.54. The molecule has 0 aromatic heterocycles. The Labute approximate surface area is 129 Å². The molecule has 0 aromatic carbocycles. The summed E-state index contributed by atoms with van der Waals surface area (Å²) in [5, 5.41) is 9.64. The van der Waals surface area contributed by atoms with Gasteiger partial charge < -0.3 is 9.84 Å². The molecule has 122 valence electrons. The molecule has 0 saturated carbocycles. The predicted octanol–water partition coefficient (Wildman–Crippen LogP) is 4.17. The quantitative estimate of drug-likeness (QED) is 0.353. The average molecular weight is 314 g/mol. The van der Waals surface area contributed by atoms with E-state index in [9.17, 15) is 9.59 Å². The molecule has 0 aromatic rings. The molecule has 0 spiro atoms. The first kappa shape index (κ1) is 19.9. The van der Waals surface area contributed by atoms with Gasteiger partial charge in [0.15, 0.2) is 0 Å². The van der Waals surface area contributed by atoms with Gasteiger partial charge in [0.05, 0.1) is 14.7 Å². The van der Waals surface area contributed by atoms with E-state index in [0.29, 0.717) is 11.8 Å². The zero-order chi connectivity index (χ0) is 16.3. The SMILES string of the molecule is CCCOC(=O)/C(=C\C(=O)O)[Si](CCC)(CCC)CCC. The lowest BCUT2D eigenvalue weighted by atomic mass is 10.4. The van der Waals surface area contributed by atoms with Crippen molar-refractivity contribution in [3.8, 4) is 0 Å². The van der Waals surface area contributed by atoms with Crippen LogP contribution in [0.15, 0.2) is 11.3 Å². The summed E-state index contributed by atoms with van der Waals surface area (Å²) in [4.78, 5) is 23.6. The van der Waals surface area contributed by atoms with Crippen molar-refractivity contribution in [3.63, 3.8) is 0 Å². The Bertz CT molecular complexity index is 346. The molecule has 4 nitrogen and oxygen atoms in total. The zero-order valence-corrected chi connectivity index (χ0v) is 14.9. The second-order valence-corrected chi connectivity index (χ2v) is 10.2. The van der Waals surface area contributed by atoms with Crippen molar-refractivity contribution in [2.45, 2.75) is 71.5 Å². The Morgan fingerprint density at radius 2 is 1.43 bits per heavy atom. The fourth-order valence-corrected chi connectivity index (χ4v) is 8.40. The molecule has 0 rings (SSSR count). The largest absolute Gasteiger partial charge is 0.478 e. The van der Waals surface area contributed by atoms with E-state index in [2.05, 4.69) is 20.8 Å². The molecule has 0 aliphatic heterocycles. The van der Waals surface area contributed by atoms with Gasteiger partial charge in [-0.25, -0.2) is 9.59 Å². The molecule has 0 radical (unpaired) electrons. The van der Waals surface area contributed by atoms with Gasteiger partial charge in [0, 0.05) is 11.3 Å². The van der Waals surface area contributed by atoms with Crippen LogP contribution in [0.4, 0.5) is 0 Å². The van der Waals surface area contributed by atoms with Crippen LogP contribution in [-0.2, 0) is 14.3 Å². The third kappa shape index (κ3) is 6.46. The first-order valence-corrected chi connectivity index (χ1v) is 10.7. The van der Waals surface area contributed by atoms with Crippen molar-refractivity contribution >= 4 is 20.0 Å². The summed E-state index contributed by atoms with van der Waals surface area (Å²) in [6.07, 6.45) is 4.81. The van der Waals surface area contributed by atoms with Crippen molar-refractivity contribution in [3.05, 3.63) is 11.3 Å². The maximum Gasteiger partial charge on any atom is 0.330 e. The third-order valence-electron chi connectivity index (χ3n) is 3.68. The van der Waals surface area contributed by atoms with E-state index >= 15 is 0 Å². The lowest BCUT2D eigenvalue weighted by Crippen LogP contribution is -2.41. The molecule has 0 fully saturated rings. The lowest BCUT2D eigenvalue weighted by Gasteiger charge is -2.32. The maximum atomic E-state index is 12.4. The Hall–Kier alpha value is -1.10. The highest BCUT2D eigenvalue weighted by molar-refractivity contribution is 6.90. The fourth-order valence-electron chi connectivity index (χ4n) is 3.04. The number of hydrogen-bond acceptors (Lipinski definition) is 3. The van der Waals surface area contributed by atoms with E-state index in [4.69, 9.17) is 9.84 Å². The Morgan fingerprint density at radius 3 is 1.76 bits per heavy atom. The van der Waals surface area contributed by atoms with Gasteiger partial charge >= 0.3 is 11.9 Å². The van der Waals surface area contributed by atoms with Gasteiger partial charge in [0.25, 0.3) is 0 Å². The van der Waals surface area contributed by atoms with E-state index in [1.165, 1.54) is 0 Å². The first-order chi connectivity index (χ1) is 9.97. The summed E-state index contributed by atoms with van der Waals surface area (Å²) < 4.78 is 5.26. The van der Waals surface area contributed by atoms with E-state index in [1.807, 2.05) is 6.92 Å². The molecule has 1 N–H and O–H groups in total. The Morgan fingerprint density at radius 1 is 0.952 bits per heavy atom. The smallest absolute Gasteiger partial charge is 0.330 e. The molecule has 0 amide bonds. The minimum Gasteiger partial charge on any atom is -0.478 e. The van der Waals surface area contributed by atoms with Gasteiger partial charge in [-0.15, -0.1) is 0 Å². The highest BCUT2D eigenvalue weighted by atomic mass is 28.3. The molecule has 0 heterocycles. The first-order valence-electron chi connectivity index (χ1n) is 8.09. The minimum absolute atomic E-state index is 0.352. The molecule has 0 unspecified atom stereocenters. The Balaban J connectivity index is 5.64. The van der Waals surface area contributed by atoms with Crippen LogP contribution in [0.5, 0.6) is 0 Å². The van der Waals surface area contributed by atoms with Crippen LogP contribution in [0, 0.1) is 0 Å². The van der Waals surface area contributed by atoms with Crippen LogP contribution < -0.4 is 0 Å². The molecule has 21 heavy (non-hydrogen) atoms. The van der Waals surface area contributed by atoms with Crippen LogP contribution in [-0.4, -0.2) is 31.7 Å². The van der Waals surface area contributed by atoms with Crippen molar-refractivity contribution < 1.29 is 19.4 Å². The second-order valence-electron chi connectivity index (χ2n) is 5.56. The maximum absolute atomic E-state index is 12.4. The molecular formula is C16H30O4Si. The number of carboxylic acid groups (broad SMARTS) is 1. The fraction of sp³-hybridized carbons (Fsp3) is 0.750. The number of aliphatic carboxylic acids is 1. The van der Waals surface area contributed by atoms with E-state index in [0.717, 1.165) is 49.9 Å². The average Bonchev–Trinajstić information content (AvgIpc) is 2.42. The number of carbonyl (C=O) groups is 2. The number of carboxylic acids is 1.